The van der Waals surface area contributed by atoms with Crippen LogP contribution in [0.25, 0.3) is 0 Å². The number of rotatable bonds is 5. The molecule has 2 aliphatic rings. The van der Waals surface area contributed by atoms with Gasteiger partial charge >= 0.3 is 0 Å². The van der Waals surface area contributed by atoms with Crippen LogP contribution in [0.1, 0.15) is 12.0 Å². The van der Waals surface area contributed by atoms with E-state index < -0.39 is 50.2 Å². The summed E-state index contributed by atoms with van der Waals surface area (Å²) in [4.78, 5) is 3.56. The van der Waals surface area contributed by atoms with Crippen LogP contribution in [0.3, 0.4) is 0 Å². The lowest BCUT2D eigenvalue weighted by Crippen LogP contribution is -2.68. The van der Waals surface area contributed by atoms with E-state index in [1.807, 2.05) is 0 Å². The van der Waals surface area contributed by atoms with Gasteiger partial charge in [-0.3, -0.25) is 4.31 Å². The van der Waals surface area contributed by atoms with Crippen molar-refractivity contribution in [1.29, 1.82) is 0 Å². The summed E-state index contributed by atoms with van der Waals surface area (Å²) in [5.74, 6) is -3.17. The second-order valence-electron chi connectivity index (χ2n) is 7.85. The topological polar surface area (TPSA) is 90.0 Å². The molecule has 178 valence electrons. The van der Waals surface area contributed by atoms with E-state index in [9.17, 15) is 17.2 Å². The molecule has 1 aromatic heterocycles. The van der Waals surface area contributed by atoms with Gasteiger partial charge in [0.15, 0.2) is 5.82 Å². The van der Waals surface area contributed by atoms with Gasteiger partial charge in [-0.1, -0.05) is 6.58 Å². The third kappa shape index (κ3) is 4.02. The quantitative estimate of drug-likeness (QED) is 0.697. The average molecular weight is 485 g/mol. The summed E-state index contributed by atoms with van der Waals surface area (Å²) in [6.07, 6.45) is 0.279. The minimum atomic E-state index is -3.96. The van der Waals surface area contributed by atoms with Gasteiger partial charge in [0.25, 0.3) is 5.88 Å². The highest BCUT2D eigenvalue weighted by Gasteiger charge is 2.58. The number of halogens is 3. The van der Waals surface area contributed by atoms with Crippen molar-refractivity contribution in [3.63, 3.8) is 0 Å². The molecule has 0 aliphatic carbocycles. The minimum Gasteiger partial charge on any atom is -0.436 e. The SMILES string of the molecule is C=C1N[C@@]2(c3cc(Oc4ncc(F)cc4F)ccc3F)CO[C@@H](COC)C[C@H]2S(=O)(=O)N1C. The van der Waals surface area contributed by atoms with Gasteiger partial charge in [-0.2, -0.15) is 0 Å². The van der Waals surface area contributed by atoms with Crippen LogP contribution >= 0.6 is 0 Å². The van der Waals surface area contributed by atoms with Crippen LogP contribution in [-0.2, 0) is 25.0 Å². The average Bonchev–Trinajstić information content (AvgIpc) is 2.76. The highest BCUT2D eigenvalue weighted by molar-refractivity contribution is 7.90. The Morgan fingerprint density at radius 1 is 1.30 bits per heavy atom. The number of ether oxygens (including phenoxy) is 3. The maximum Gasteiger partial charge on any atom is 0.256 e. The first-order valence-corrected chi connectivity index (χ1v) is 11.4. The molecule has 8 nitrogen and oxygen atoms in total. The minimum absolute atomic E-state index is 0.0272. The molecule has 4 rings (SSSR count). The molecule has 0 radical (unpaired) electrons. The van der Waals surface area contributed by atoms with Crippen molar-refractivity contribution in [2.75, 3.05) is 27.4 Å². The summed E-state index contributed by atoms with van der Waals surface area (Å²) in [5.41, 5.74) is -1.61. The Morgan fingerprint density at radius 3 is 2.76 bits per heavy atom. The molecular formula is C21H22F3N3O5S. The molecule has 0 bridgehead atoms. The standard InChI is InChI=1S/C21H22F3N3O5S/c1-12-26-21(11-31-15(10-30-3)8-19(21)33(28,29)27(12)2)16-7-14(4-5-17(16)23)32-20-18(24)6-13(22)9-25-20/h4-7,9,15,19,26H,1,8,10-11H2,2-3H3/t15-,19-,21-/m1/s1. The summed E-state index contributed by atoms with van der Waals surface area (Å²) < 4.78 is 86.3. The van der Waals surface area contributed by atoms with Crippen LogP contribution in [0.4, 0.5) is 13.2 Å². The fourth-order valence-electron chi connectivity index (χ4n) is 4.14. The van der Waals surface area contributed by atoms with Crippen molar-refractivity contribution in [1.82, 2.24) is 14.6 Å². The maximum atomic E-state index is 15.2. The van der Waals surface area contributed by atoms with Crippen molar-refractivity contribution in [2.24, 2.45) is 0 Å². The van der Waals surface area contributed by atoms with E-state index in [1.54, 1.807) is 0 Å². The molecule has 0 spiro atoms. The third-order valence-electron chi connectivity index (χ3n) is 5.82. The zero-order valence-electron chi connectivity index (χ0n) is 17.8. The summed E-state index contributed by atoms with van der Waals surface area (Å²) in [5, 5.41) is 1.89. The molecule has 1 aromatic carbocycles. The smallest absolute Gasteiger partial charge is 0.256 e. The number of hydrogen-bond donors (Lipinski definition) is 1. The van der Waals surface area contributed by atoms with Gasteiger partial charge in [-0.15, -0.1) is 0 Å². The Labute approximate surface area is 189 Å². The Morgan fingerprint density at radius 2 is 2.06 bits per heavy atom. The molecule has 33 heavy (non-hydrogen) atoms. The fraction of sp³-hybridized carbons (Fsp3) is 0.381. The number of nitrogens with one attached hydrogen (secondary N) is 1. The van der Waals surface area contributed by atoms with Gasteiger partial charge in [0.1, 0.15) is 34.0 Å². The number of pyridine rings is 1. The first-order chi connectivity index (χ1) is 15.6. The van der Waals surface area contributed by atoms with Crippen molar-refractivity contribution in [3.05, 3.63) is 65.9 Å². The lowest BCUT2D eigenvalue weighted by atomic mass is 9.82. The Balaban J connectivity index is 1.79. The number of benzene rings is 1. The van der Waals surface area contributed by atoms with E-state index in [1.165, 1.54) is 26.3 Å². The molecule has 2 saturated heterocycles. The second kappa shape index (κ2) is 8.50. The lowest BCUT2D eigenvalue weighted by molar-refractivity contribution is -0.0714. The predicted octanol–water partition coefficient (Wildman–Crippen LogP) is 2.63. The number of sulfonamides is 1. The van der Waals surface area contributed by atoms with E-state index in [2.05, 4.69) is 16.9 Å². The van der Waals surface area contributed by atoms with E-state index in [4.69, 9.17) is 14.2 Å². The van der Waals surface area contributed by atoms with E-state index in [0.29, 0.717) is 6.07 Å². The predicted molar refractivity (Wildman–Crippen MR) is 111 cm³/mol. The lowest BCUT2D eigenvalue weighted by Gasteiger charge is -2.52. The van der Waals surface area contributed by atoms with Crippen LogP contribution in [0, 0.1) is 17.5 Å². The third-order valence-corrected chi connectivity index (χ3v) is 8.12. The molecule has 3 heterocycles. The molecule has 2 aliphatic heterocycles. The first kappa shape index (κ1) is 23.3. The van der Waals surface area contributed by atoms with Crippen molar-refractivity contribution < 1.29 is 35.8 Å². The molecule has 0 saturated carbocycles. The summed E-state index contributed by atoms with van der Waals surface area (Å²) in [7, 11) is -1.13. The van der Waals surface area contributed by atoms with Crippen LogP contribution in [0.5, 0.6) is 11.6 Å². The summed E-state index contributed by atoms with van der Waals surface area (Å²) in [6.45, 7) is 3.71. The van der Waals surface area contributed by atoms with Crippen molar-refractivity contribution in [3.8, 4) is 11.6 Å². The fourth-order valence-corrected chi connectivity index (χ4v) is 6.10. The highest BCUT2D eigenvalue weighted by Crippen LogP contribution is 2.44. The first-order valence-electron chi connectivity index (χ1n) is 9.93. The summed E-state index contributed by atoms with van der Waals surface area (Å²) >= 11 is 0. The zero-order valence-corrected chi connectivity index (χ0v) is 18.7. The molecule has 2 fully saturated rings. The summed E-state index contributed by atoms with van der Waals surface area (Å²) in [6, 6.07) is 4.13. The van der Waals surface area contributed by atoms with Gasteiger partial charge in [-0.25, -0.2) is 26.6 Å². The molecule has 3 atom stereocenters. The van der Waals surface area contributed by atoms with Gasteiger partial charge in [0.2, 0.25) is 10.0 Å². The Bertz CT molecular complexity index is 1200. The maximum absolute atomic E-state index is 15.2. The van der Waals surface area contributed by atoms with Gasteiger partial charge in [0.05, 0.1) is 25.5 Å². The second-order valence-corrected chi connectivity index (χ2v) is 10.00. The number of methoxy groups -OCH3 is 1. The number of hydrogen-bond acceptors (Lipinski definition) is 7. The zero-order chi connectivity index (χ0) is 24.0. The normalized spacial score (nSPS) is 26.5. The number of aromatic nitrogens is 1. The monoisotopic (exact) mass is 485 g/mol. The van der Waals surface area contributed by atoms with Crippen molar-refractivity contribution >= 4 is 10.0 Å². The molecule has 2 aromatic rings. The molecule has 0 unspecified atom stereocenters. The van der Waals surface area contributed by atoms with Crippen LogP contribution in [-0.4, -0.2) is 56.4 Å². The highest BCUT2D eigenvalue weighted by atomic mass is 32.2. The molecule has 1 N–H and O–H groups in total. The van der Waals surface area contributed by atoms with Gasteiger partial charge < -0.3 is 19.5 Å². The molecule has 0 amide bonds. The number of nitrogens with zero attached hydrogens (tertiary/aromatic N) is 2. The van der Waals surface area contributed by atoms with Crippen molar-refractivity contribution in [2.45, 2.75) is 23.3 Å². The molecular weight excluding hydrogens is 463 g/mol. The number of fused-ring (bicyclic) bond motifs is 1. The van der Waals surface area contributed by atoms with Crippen LogP contribution in [0.15, 0.2) is 42.9 Å². The molecule has 12 heteroatoms. The van der Waals surface area contributed by atoms with E-state index in [0.717, 1.165) is 16.6 Å². The van der Waals surface area contributed by atoms with Gasteiger partial charge in [-0.05, 0) is 24.6 Å². The van der Waals surface area contributed by atoms with Crippen LogP contribution in [0.2, 0.25) is 0 Å². The van der Waals surface area contributed by atoms with Gasteiger partial charge in [0, 0.05) is 25.8 Å². The Hall–Kier alpha value is -2.83. The van der Waals surface area contributed by atoms with E-state index >= 15 is 4.39 Å². The Kier molecular flexibility index (Phi) is 6.01. The van der Waals surface area contributed by atoms with E-state index in [-0.39, 0.29) is 36.8 Å². The van der Waals surface area contributed by atoms with Crippen LogP contribution < -0.4 is 10.1 Å². The largest absolute Gasteiger partial charge is 0.436 e.